The van der Waals surface area contributed by atoms with Crippen LogP contribution in [0.3, 0.4) is 0 Å². The summed E-state index contributed by atoms with van der Waals surface area (Å²) < 4.78 is 2.18. The molecule has 0 aromatic carbocycles. The second-order valence-electron chi connectivity index (χ2n) is 7.15. The van der Waals surface area contributed by atoms with Crippen LogP contribution in [0.2, 0.25) is 0 Å². The van der Waals surface area contributed by atoms with Gasteiger partial charge >= 0.3 is 6.03 Å². The predicted molar refractivity (Wildman–Crippen MR) is 88.1 cm³/mol. The van der Waals surface area contributed by atoms with Gasteiger partial charge in [0.2, 0.25) is 0 Å². The van der Waals surface area contributed by atoms with Crippen molar-refractivity contribution in [1.82, 2.24) is 24.9 Å². The molecule has 0 bridgehead atoms. The van der Waals surface area contributed by atoms with Gasteiger partial charge in [-0.25, -0.2) is 4.79 Å². The second-order valence-corrected chi connectivity index (χ2v) is 7.15. The van der Waals surface area contributed by atoms with E-state index in [1.807, 2.05) is 11.1 Å². The van der Waals surface area contributed by atoms with Crippen molar-refractivity contribution in [3.63, 3.8) is 0 Å². The van der Waals surface area contributed by atoms with E-state index < -0.39 is 0 Å². The van der Waals surface area contributed by atoms with Crippen LogP contribution in [0.25, 0.3) is 0 Å². The van der Waals surface area contributed by atoms with Crippen molar-refractivity contribution in [1.29, 1.82) is 0 Å². The molecule has 1 N–H and O–H groups in total. The summed E-state index contributed by atoms with van der Waals surface area (Å²) in [6.45, 7) is 4.65. The van der Waals surface area contributed by atoms with E-state index in [-0.39, 0.29) is 6.03 Å². The molecule has 23 heavy (non-hydrogen) atoms. The van der Waals surface area contributed by atoms with Crippen LogP contribution in [0.15, 0.2) is 12.3 Å². The topological polar surface area (TPSA) is 53.4 Å². The van der Waals surface area contributed by atoms with E-state index >= 15 is 0 Å². The molecule has 1 aromatic rings. The van der Waals surface area contributed by atoms with Crippen molar-refractivity contribution in [3.8, 4) is 0 Å². The lowest BCUT2D eigenvalue weighted by atomic mass is 9.90. The number of nitrogens with one attached hydrogen (secondary N) is 1. The Morgan fingerprint density at radius 1 is 1.26 bits per heavy atom. The molecule has 2 aliphatic heterocycles. The number of carbonyl (C=O) groups is 1. The Hall–Kier alpha value is -1.56. The fourth-order valence-corrected chi connectivity index (χ4v) is 4.04. The first-order chi connectivity index (χ1) is 11.3. The molecule has 0 radical (unpaired) electrons. The zero-order chi connectivity index (χ0) is 15.6. The highest BCUT2D eigenvalue weighted by Crippen LogP contribution is 2.31. The number of nitrogens with zero attached hydrogens (tertiary/aromatic N) is 4. The Bertz CT molecular complexity index is 547. The normalized spacial score (nSPS) is 25.2. The minimum Gasteiger partial charge on any atom is -0.338 e. The van der Waals surface area contributed by atoms with Crippen LogP contribution < -0.4 is 5.32 Å². The molecule has 3 heterocycles. The molecule has 1 atom stereocenters. The van der Waals surface area contributed by atoms with Crippen molar-refractivity contribution in [3.05, 3.63) is 18.0 Å². The van der Waals surface area contributed by atoms with E-state index in [1.54, 1.807) is 0 Å². The van der Waals surface area contributed by atoms with Gasteiger partial charge in [-0.3, -0.25) is 9.58 Å². The predicted octanol–water partition coefficient (Wildman–Crippen LogP) is 1.99. The standard InChI is InChI=1S/C17H27N5O/c23-17(20-10-1-2-11-20)18-8-6-15-12-21(14-4-3-5-14)13-16-7-9-19-22(15)16/h7,9,14-15H,1-6,8,10-13H2,(H,18,23)/t15-/m0/s1. The smallest absolute Gasteiger partial charge is 0.317 e. The van der Waals surface area contributed by atoms with Crippen LogP contribution >= 0.6 is 0 Å². The average Bonchev–Trinajstić information content (AvgIpc) is 3.16. The molecule has 6 heteroatoms. The van der Waals surface area contributed by atoms with Gasteiger partial charge in [0.1, 0.15) is 0 Å². The number of hydrogen-bond donors (Lipinski definition) is 1. The number of rotatable bonds is 4. The van der Waals surface area contributed by atoms with Crippen LogP contribution in [-0.4, -0.2) is 57.8 Å². The van der Waals surface area contributed by atoms with Gasteiger partial charge in [-0.05, 0) is 38.2 Å². The molecule has 2 amide bonds. The van der Waals surface area contributed by atoms with Crippen molar-refractivity contribution in [2.45, 2.75) is 57.2 Å². The summed E-state index contributed by atoms with van der Waals surface area (Å²) in [5.74, 6) is 0. The number of likely N-dealkylation sites (tertiary alicyclic amines) is 1. The lowest BCUT2D eigenvalue weighted by Crippen LogP contribution is -2.47. The van der Waals surface area contributed by atoms with Crippen molar-refractivity contribution in [2.75, 3.05) is 26.2 Å². The maximum absolute atomic E-state index is 12.1. The summed E-state index contributed by atoms with van der Waals surface area (Å²) >= 11 is 0. The third-order valence-electron chi connectivity index (χ3n) is 5.65. The third kappa shape index (κ3) is 3.09. The first kappa shape index (κ1) is 15.0. The Balaban J connectivity index is 1.33. The summed E-state index contributed by atoms with van der Waals surface area (Å²) in [5, 5.41) is 7.61. The number of urea groups is 1. The summed E-state index contributed by atoms with van der Waals surface area (Å²) in [7, 11) is 0. The van der Waals surface area contributed by atoms with Crippen LogP contribution in [0.4, 0.5) is 4.79 Å². The Morgan fingerprint density at radius 2 is 2.09 bits per heavy atom. The molecule has 1 saturated heterocycles. The Morgan fingerprint density at radius 3 is 2.83 bits per heavy atom. The maximum atomic E-state index is 12.1. The van der Waals surface area contributed by atoms with E-state index in [4.69, 9.17) is 0 Å². The number of amides is 2. The average molecular weight is 317 g/mol. The number of carbonyl (C=O) groups excluding carboxylic acids is 1. The van der Waals surface area contributed by atoms with Gasteiger partial charge in [-0.2, -0.15) is 5.10 Å². The highest BCUT2D eigenvalue weighted by atomic mass is 16.2. The minimum absolute atomic E-state index is 0.106. The monoisotopic (exact) mass is 317 g/mol. The lowest BCUT2D eigenvalue weighted by molar-refractivity contribution is 0.0730. The van der Waals surface area contributed by atoms with Crippen LogP contribution in [0.5, 0.6) is 0 Å². The molecule has 4 rings (SSSR count). The lowest BCUT2D eigenvalue weighted by Gasteiger charge is -2.42. The highest BCUT2D eigenvalue weighted by molar-refractivity contribution is 5.74. The highest BCUT2D eigenvalue weighted by Gasteiger charge is 2.32. The van der Waals surface area contributed by atoms with E-state index in [0.717, 1.165) is 58.0 Å². The molecule has 0 spiro atoms. The molecule has 6 nitrogen and oxygen atoms in total. The second kappa shape index (κ2) is 6.51. The van der Waals surface area contributed by atoms with E-state index in [0.29, 0.717) is 6.04 Å². The van der Waals surface area contributed by atoms with Gasteiger partial charge in [0.15, 0.2) is 0 Å². The Labute approximate surface area is 137 Å². The van der Waals surface area contributed by atoms with E-state index in [2.05, 4.69) is 26.1 Å². The van der Waals surface area contributed by atoms with Crippen LogP contribution in [0, 0.1) is 0 Å². The molecule has 1 aromatic heterocycles. The molecular formula is C17H27N5O. The molecule has 3 aliphatic rings. The first-order valence-electron chi connectivity index (χ1n) is 9.10. The van der Waals surface area contributed by atoms with Crippen molar-refractivity contribution < 1.29 is 4.79 Å². The molecule has 1 aliphatic carbocycles. The third-order valence-corrected chi connectivity index (χ3v) is 5.65. The van der Waals surface area contributed by atoms with Crippen LogP contribution in [0.1, 0.15) is 50.3 Å². The van der Waals surface area contributed by atoms with Gasteiger partial charge in [-0.15, -0.1) is 0 Å². The van der Waals surface area contributed by atoms with Gasteiger partial charge in [0, 0.05) is 45.0 Å². The maximum Gasteiger partial charge on any atom is 0.317 e. The molecule has 126 valence electrons. The quantitative estimate of drug-likeness (QED) is 0.924. The molecule has 1 saturated carbocycles. The zero-order valence-electron chi connectivity index (χ0n) is 13.8. The SMILES string of the molecule is O=C(NCC[C@H]1CN(C2CCC2)Cc2ccnn21)N1CCCC1. The van der Waals surface area contributed by atoms with Gasteiger partial charge in [0.25, 0.3) is 0 Å². The van der Waals surface area contributed by atoms with Gasteiger partial charge in [-0.1, -0.05) is 6.42 Å². The summed E-state index contributed by atoms with van der Waals surface area (Å²) in [4.78, 5) is 16.6. The number of aromatic nitrogens is 2. The largest absolute Gasteiger partial charge is 0.338 e. The van der Waals surface area contributed by atoms with Gasteiger partial charge < -0.3 is 10.2 Å². The first-order valence-corrected chi connectivity index (χ1v) is 9.10. The molecule has 2 fully saturated rings. The zero-order valence-corrected chi connectivity index (χ0v) is 13.8. The molecular weight excluding hydrogens is 290 g/mol. The van der Waals surface area contributed by atoms with E-state index in [1.165, 1.54) is 25.0 Å². The number of fused-ring (bicyclic) bond motifs is 1. The van der Waals surface area contributed by atoms with Crippen molar-refractivity contribution in [2.24, 2.45) is 0 Å². The molecule has 0 unspecified atom stereocenters. The van der Waals surface area contributed by atoms with Crippen molar-refractivity contribution >= 4 is 6.03 Å². The number of hydrogen-bond acceptors (Lipinski definition) is 3. The minimum atomic E-state index is 0.106. The summed E-state index contributed by atoms with van der Waals surface area (Å²) in [6.07, 6.45) is 9.20. The van der Waals surface area contributed by atoms with Gasteiger partial charge in [0.05, 0.1) is 11.7 Å². The van der Waals surface area contributed by atoms with E-state index in [9.17, 15) is 4.79 Å². The Kier molecular flexibility index (Phi) is 4.25. The summed E-state index contributed by atoms with van der Waals surface area (Å²) in [6, 6.07) is 3.39. The fourth-order valence-electron chi connectivity index (χ4n) is 4.04. The summed E-state index contributed by atoms with van der Waals surface area (Å²) in [5.41, 5.74) is 1.32. The van der Waals surface area contributed by atoms with Crippen LogP contribution in [-0.2, 0) is 6.54 Å². The fraction of sp³-hybridized carbons (Fsp3) is 0.765.